The van der Waals surface area contributed by atoms with Crippen LogP contribution < -0.4 is 26.0 Å². The van der Waals surface area contributed by atoms with Gasteiger partial charge in [-0.15, -0.1) is 0 Å². The van der Waals surface area contributed by atoms with Crippen molar-refractivity contribution in [3.8, 4) is 17.2 Å². The molecule has 0 atom stereocenters. The predicted molar refractivity (Wildman–Crippen MR) is 119 cm³/mol. The molecule has 4 rings (SSSR count). The fourth-order valence-corrected chi connectivity index (χ4v) is 3.47. The normalized spacial score (nSPS) is 10.8. The zero-order chi connectivity index (χ0) is 22.8. The molecule has 10 nitrogen and oxygen atoms in total. The molecule has 32 heavy (non-hydrogen) atoms. The summed E-state index contributed by atoms with van der Waals surface area (Å²) in [6.07, 6.45) is 0. The number of H-pyrrole nitrogens is 1. The van der Waals surface area contributed by atoms with Crippen molar-refractivity contribution in [3.05, 3.63) is 75.1 Å². The predicted octanol–water partition coefficient (Wildman–Crippen LogP) is 1.84. The van der Waals surface area contributed by atoms with Crippen molar-refractivity contribution < 1.29 is 14.3 Å². The molecule has 2 N–H and O–H groups in total. The third-order valence-electron chi connectivity index (χ3n) is 4.95. The third kappa shape index (κ3) is 3.73. The maximum Gasteiger partial charge on any atom is 0.336 e. The van der Waals surface area contributed by atoms with E-state index >= 15 is 0 Å². The second kappa shape index (κ2) is 8.42. The van der Waals surface area contributed by atoms with E-state index in [0.717, 1.165) is 10.3 Å². The van der Waals surface area contributed by atoms with Gasteiger partial charge in [-0.1, -0.05) is 12.1 Å². The summed E-state index contributed by atoms with van der Waals surface area (Å²) >= 11 is 0. The summed E-state index contributed by atoms with van der Waals surface area (Å²) < 4.78 is 12.8. The molecule has 0 radical (unpaired) electrons. The van der Waals surface area contributed by atoms with Gasteiger partial charge in [0.25, 0.3) is 5.56 Å². The molecule has 4 aromatic rings. The molecule has 10 heteroatoms. The number of benzene rings is 2. The zero-order valence-corrected chi connectivity index (χ0v) is 17.7. The standard InChI is InChI=1S/C22H21N5O5/c1-13-10-19(25-24-13)23-20(28)12-26-16-7-5-4-6-15(16)21(29)27(22(26)30)14-8-9-17(31-2)18(11-14)32-3/h4-11H,12H2,1-3H3,(H2,23,24,25,28). The van der Waals surface area contributed by atoms with Gasteiger partial charge in [0.1, 0.15) is 6.54 Å². The molecule has 0 aliphatic carbocycles. The first-order valence-corrected chi connectivity index (χ1v) is 9.71. The van der Waals surface area contributed by atoms with E-state index in [4.69, 9.17) is 9.47 Å². The number of carbonyl (C=O) groups is 1. The van der Waals surface area contributed by atoms with Crippen LogP contribution in [0.3, 0.4) is 0 Å². The molecule has 0 saturated carbocycles. The van der Waals surface area contributed by atoms with E-state index in [2.05, 4.69) is 15.5 Å². The van der Waals surface area contributed by atoms with E-state index in [-0.39, 0.29) is 6.54 Å². The molecule has 2 aromatic heterocycles. The van der Waals surface area contributed by atoms with Crippen molar-refractivity contribution in [1.29, 1.82) is 0 Å². The number of aryl methyl sites for hydroxylation is 1. The SMILES string of the molecule is COc1ccc(-n2c(=O)c3ccccc3n(CC(=O)Nc3cc(C)[nH]n3)c2=O)cc1OC. The third-order valence-corrected chi connectivity index (χ3v) is 4.95. The number of fused-ring (bicyclic) bond motifs is 1. The molecule has 2 heterocycles. The van der Waals surface area contributed by atoms with Crippen molar-refractivity contribution >= 4 is 22.6 Å². The van der Waals surface area contributed by atoms with Crippen LogP contribution in [0.25, 0.3) is 16.6 Å². The van der Waals surface area contributed by atoms with Gasteiger partial charge in [-0.3, -0.25) is 19.3 Å². The average molecular weight is 435 g/mol. The Hall–Kier alpha value is -4.34. The smallest absolute Gasteiger partial charge is 0.336 e. The number of hydrogen-bond acceptors (Lipinski definition) is 6. The molecular weight excluding hydrogens is 414 g/mol. The van der Waals surface area contributed by atoms with E-state index in [0.29, 0.717) is 33.9 Å². The second-order valence-electron chi connectivity index (χ2n) is 7.05. The van der Waals surface area contributed by atoms with Crippen molar-refractivity contribution in [3.63, 3.8) is 0 Å². The van der Waals surface area contributed by atoms with Gasteiger partial charge in [-0.2, -0.15) is 5.10 Å². The summed E-state index contributed by atoms with van der Waals surface area (Å²) in [6.45, 7) is 1.50. The molecule has 0 unspecified atom stereocenters. The first-order valence-electron chi connectivity index (χ1n) is 9.71. The highest BCUT2D eigenvalue weighted by atomic mass is 16.5. The van der Waals surface area contributed by atoms with Crippen LogP contribution in [-0.2, 0) is 11.3 Å². The number of ether oxygens (including phenoxy) is 2. The lowest BCUT2D eigenvalue weighted by Gasteiger charge is -2.15. The Morgan fingerprint density at radius 3 is 2.50 bits per heavy atom. The van der Waals surface area contributed by atoms with Gasteiger partial charge in [0.2, 0.25) is 5.91 Å². The number of para-hydroxylation sites is 1. The average Bonchev–Trinajstić information content (AvgIpc) is 3.20. The Balaban J connectivity index is 1.86. The number of anilines is 1. The highest BCUT2D eigenvalue weighted by Gasteiger charge is 2.18. The van der Waals surface area contributed by atoms with Crippen LogP contribution >= 0.6 is 0 Å². The number of nitrogens with zero attached hydrogens (tertiary/aromatic N) is 3. The zero-order valence-electron chi connectivity index (χ0n) is 17.7. The summed E-state index contributed by atoms with van der Waals surface area (Å²) in [5, 5.41) is 9.65. The second-order valence-corrected chi connectivity index (χ2v) is 7.05. The Kier molecular flexibility index (Phi) is 5.50. The molecule has 0 saturated heterocycles. The lowest BCUT2D eigenvalue weighted by Crippen LogP contribution is -2.40. The maximum atomic E-state index is 13.4. The fraction of sp³-hybridized carbons (Fsp3) is 0.182. The van der Waals surface area contributed by atoms with Gasteiger partial charge in [-0.05, 0) is 31.2 Å². The van der Waals surface area contributed by atoms with E-state index in [1.807, 2.05) is 0 Å². The minimum absolute atomic E-state index is 0.292. The van der Waals surface area contributed by atoms with Crippen molar-refractivity contribution in [2.45, 2.75) is 13.5 Å². The number of methoxy groups -OCH3 is 2. The fourth-order valence-electron chi connectivity index (χ4n) is 3.47. The Bertz CT molecular complexity index is 1430. The van der Waals surface area contributed by atoms with Crippen LogP contribution in [0.15, 0.2) is 58.1 Å². The minimum atomic E-state index is -0.658. The highest BCUT2D eigenvalue weighted by Crippen LogP contribution is 2.28. The molecule has 0 aliphatic rings. The van der Waals surface area contributed by atoms with E-state index in [1.165, 1.54) is 24.9 Å². The van der Waals surface area contributed by atoms with E-state index in [9.17, 15) is 14.4 Å². The van der Waals surface area contributed by atoms with Crippen LogP contribution in [0.1, 0.15) is 5.69 Å². The van der Waals surface area contributed by atoms with Crippen molar-refractivity contribution in [1.82, 2.24) is 19.3 Å². The monoisotopic (exact) mass is 435 g/mol. The molecule has 0 bridgehead atoms. The lowest BCUT2D eigenvalue weighted by atomic mass is 10.2. The Labute approximate surface area is 182 Å². The van der Waals surface area contributed by atoms with E-state index in [1.54, 1.807) is 49.4 Å². The molecule has 0 spiro atoms. The number of rotatable bonds is 6. The Morgan fingerprint density at radius 2 is 1.81 bits per heavy atom. The number of aromatic nitrogens is 4. The van der Waals surface area contributed by atoms with Crippen molar-refractivity contribution in [2.75, 3.05) is 19.5 Å². The molecule has 0 fully saturated rings. The maximum absolute atomic E-state index is 13.4. The van der Waals surface area contributed by atoms with Gasteiger partial charge in [-0.25, -0.2) is 9.36 Å². The highest BCUT2D eigenvalue weighted by molar-refractivity contribution is 5.90. The molecule has 1 amide bonds. The number of amides is 1. The van der Waals surface area contributed by atoms with Crippen LogP contribution in [0.4, 0.5) is 5.82 Å². The van der Waals surface area contributed by atoms with Gasteiger partial charge >= 0.3 is 5.69 Å². The van der Waals surface area contributed by atoms with Gasteiger partial charge in [0.15, 0.2) is 17.3 Å². The summed E-state index contributed by atoms with van der Waals surface area (Å²) in [5.74, 6) is 0.709. The first kappa shape index (κ1) is 20.9. The van der Waals surface area contributed by atoms with E-state index < -0.39 is 17.2 Å². The number of nitrogens with one attached hydrogen (secondary N) is 2. The van der Waals surface area contributed by atoms with Crippen LogP contribution in [-0.4, -0.2) is 39.5 Å². The van der Waals surface area contributed by atoms with Gasteiger partial charge in [0.05, 0.1) is 30.8 Å². The molecule has 164 valence electrons. The quantitative estimate of drug-likeness (QED) is 0.477. The lowest BCUT2D eigenvalue weighted by molar-refractivity contribution is -0.116. The topological polar surface area (TPSA) is 120 Å². The van der Waals surface area contributed by atoms with Gasteiger partial charge < -0.3 is 14.8 Å². The largest absolute Gasteiger partial charge is 0.493 e. The summed E-state index contributed by atoms with van der Waals surface area (Å²) in [6, 6.07) is 13.0. The van der Waals surface area contributed by atoms with Crippen LogP contribution in [0.5, 0.6) is 11.5 Å². The minimum Gasteiger partial charge on any atom is -0.493 e. The van der Waals surface area contributed by atoms with Gasteiger partial charge in [0, 0.05) is 17.8 Å². The van der Waals surface area contributed by atoms with Crippen molar-refractivity contribution in [2.24, 2.45) is 0 Å². The molecule has 2 aromatic carbocycles. The number of carbonyl (C=O) groups excluding carboxylic acids is 1. The summed E-state index contributed by atoms with van der Waals surface area (Å²) in [5.41, 5.74) is 0.268. The molecule has 0 aliphatic heterocycles. The Morgan fingerprint density at radius 1 is 1.06 bits per heavy atom. The number of aromatic amines is 1. The van der Waals surface area contributed by atoms with Crippen LogP contribution in [0, 0.1) is 6.92 Å². The first-order chi connectivity index (χ1) is 15.4. The number of hydrogen-bond donors (Lipinski definition) is 2. The van der Waals surface area contributed by atoms with Crippen LogP contribution in [0.2, 0.25) is 0 Å². The summed E-state index contributed by atoms with van der Waals surface area (Å²) in [4.78, 5) is 39.3. The summed E-state index contributed by atoms with van der Waals surface area (Å²) in [7, 11) is 2.95. The molecular formula is C22H21N5O5.